The van der Waals surface area contributed by atoms with E-state index < -0.39 is 0 Å². The van der Waals surface area contributed by atoms with Crippen LogP contribution in [-0.4, -0.2) is 0 Å². The van der Waals surface area contributed by atoms with Crippen LogP contribution in [0, 0.1) is 5.82 Å². The van der Waals surface area contributed by atoms with E-state index in [1.54, 1.807) is 6.07 Å². The molecule has 1 heterocycles. The lowest BCUT2D eigenvalue weighted by atomic mass is 10.2. The number of nitrogens with two attached hydrogens (primary N) is 1. The van der Waals surface area contributed by atoms with E-state index in [0.717, 1.165) is 4.47 Å². The maximum absolute atomic E-state index is 13.3. The maximum atomic E-state index is 13.3. The topological polar surface area (TPSA) is 39.2 Å². The van der Waals surface area contributed by atoms with Gasteiger partial charge in [-0.2, -0.15) is 0 Å². The van der Waals surface area contributed by atoms with Gasteiger partial charge in [0.1, 0.15) is 5.82 Å². The van der Waals surface area contributed by atoms with Crippen molar-refractivity contribution in [2.45, 2.75) is 6.54 Å². The predicted octanol–water partition coefficient (Wildman–Crippen LogP) is 2.79. The molecule has 0 saturated heterocycles. The van der Waals surface area contributed by atoms with E-state index in [2.05, 4.69) is 15.9 Å². The van der Waals surface area contributed by atoms with Crippen molar-refractivity contribution in [1.29, 1.82) is 0 Å². The third-order valence-corrected chi connectivity index (χ3v) is 2.54. The van der Waals surface area contributed by atoms with Crippen LogP contribution in [0.4, 0.5) is 4.39 Å². The molecule has 0 unspecified atom stereocenters. The summed E-state index contributed by atoms with van der Waals surface area (Å²) in [4.78, 5) is 0. The Hall–Kier alpha value is -0.870. The lowest BCUT2D eigenvalue weighted by Crippen LogP contribution is -1.95. The molecule has 0 fully saturated rings. The average molecular weight is 244 g/mol. The van der Waals surface area contributed by atoms with Gasteiger partial charge in [0.25, 0.3) is 0 Å². The number of benzene rings is 1. The number of halogens is 2. The minimum absolute atomic E-state index is 0.278. The minimum atomic E-state index is -0.299. The summed E-state index contributed by atoms with van der Waals surface area (Å²) in [7, 11) is 0. The Kier molecular flexibility index (Phi) is 2.09. The molecule has 2 N–H and O–H groups in total. The van der Waals surface area contributed by atoms with Crippen LogP contribution in [0.3, 0.4) is 0 Å². The highest BCUT2D eigenvalue weighted by Gasteiger charge is 2.11. The number of hydrogen-bond acceptors (Lipinski definition) is 2. The molecule has 0 aliphatic heterocycles. The van der Waals surface area contributed by atoms with Crippen LogP contribution >= 0.6 is 15.9 Å². The maximum Gasteiger partial charge on any atom is 0.151 e. The van der Waals surface area contributed by atoms with E-state index in [1.807, 2.05) is 0 Å². The Bertz CT molecular complexity index is 452. The first-order valence-electron chi connectivity index (χ1n) is 3.78. The molecule has 0 amide bonds. The molecule has 4 heteroatoms. The van der Waals surface area contributed by atoms with Crippen molar-refractivity contribution >= 4 is 26.9 Å². The Labute approximate surface area is 82.6 Å². The summed E-state index contributed by atoms with van der Waals surface area (Å²) in [6.07, 6.45) is 1.48. The van der Waals surface area contributed by atoms with E-state index in [-0.39, 0.29) is 12.4 Å². The lowest BCUT2D eigenvalue weighted by molar-refractivity contribution is 0.605. The van der Waals surface area contributed by atoms with E-state index >= 15 is 0 Å². The monoisotopic (exact) mass is 243 g/mol. The average Bonchev–Trinajstić information content (AvgIpc) is 2.56. The van der Waals surface area contributed by atoms with Crippen molar-refractivity contribution in [2.24, 2.45) is 5.73 Å². The van der Waals surface area contributed by atoms with Crippen molar-refractivity contribution in [3.05, 3.63) is 34.2 Å². The normalized spacial score (nSPS) is 11.0. The second-order valence-corrected chi connectivity index (χ2v) is 3.55. The molecular weight excluding hydrogens is 237 g/mol. The lowest BCUT2D eigenvalue weighted by Gasteiger charge is -1.95. The van der Waals surface area contributed by atoms with Gasteiger partial charge in [-0.3, -0.25) is 0 Å². The molecule has 1 aromatic heterocycles. The fourth-order valence-corrected chi connectivity index (χ4v) is 1.71. The smallest absolute Gasteiger partial charge is 0.151 e. The molecule has 0 spiro atoms. The Morgan fingerprint density at radius 3 is 2.92 bits per heavy atom. The van der Waals surface area contributed by atoms with Gasteiger partial charge >= 0.3 is 0 Å². The van der Waals surface area contributed by atoms with Crippen LogP contribution in [0.15, 0.2) is 27.3 Å². The van der Waals surface area contributed by atoms with Crippen molar-refractivity contribution in [3.8, 4) is 0 Å². The molecule has 2 nitrogen and oxygen atoms in total. The number of hydrogen-bond donors (Lipinski definition) is 1. The molecule has 0 saturated carbocycles. The van der Waals surface area contributed by atoms with E-state index in [1.165, 1.54) is 12.3 Å². The molecular formula is C9H7BrFNO. The first kappa shape index (κ1) is 8.72. The Morgan fingerprint density at radius 2 is 2.23 bits per heavy atom. The van der Waals surface area contributed by atoms with Crippen LogP contribution < -0.4 is 5.73 Å². The highest BCUT2D eigenvalue weighted by atomic mass is 79.9. The van der Waals surface area contributed by atoms with Crippen LogP contribution in [0.5, 0.6) is 0 Å². The standard InChI is InChI=1S/C9H7BrFNO/c10-6-1-2-7(11)8-5(3-12)4-13-9(6)8/h1-2,4H,3,12H2. The van der Waals surface area contributed by atoms with E-state index in [0.29, 0.717) is 16.5 Å². The van der Waals surface area contributed by atoms with Crippen molar-refractivity contribution in [3.63, 3.8) is 0 Å². The zero-order chi connectivity index (χ0) is 9.42. The summed E-state index contributed by atoms with van der Waals surface area (Å²) in [6.45, 7) is 0.278. The fraction of sp³-hybridized carbons (Fsp3) is 0.111. The summed E-state index contributed by atoms with van der Waals surface area (Å²) in [5.74, 6) is -0.299. The first-order chi connectivity index (χ1) is 6.24. The molecule has 0 aliphatic carbocycles. The first-order valence-corrected chi connectivity index (χ1v) is 4.57. The minimum Gasteiger partial charge on any atom is -0.463 e. The van der Waals surface area contributed by atoms with Gasteiger partial charge in [-0.1, -0.05) is 0 Å². The van der Waals surface area contributed by atoms with Gasteiger partial charge in [0, 0.05) is 12.1 Å². The molecule has 2 rings (SSSR count). The Morgan fingerprint density at radius 1 is 1.46 bits per heavy atom. The molecule has 1 aromatic carbocycles. The summed E-state index contributed by atoms with van der Waals surface area (Å²) in [5, 5.41) is 0.469. The van der Waals surface area contributed by atoms with Gasteiger partial charge in [0.15, 0.2) is 5.58 Å². The van der Waals surface area contributed by atoms with Gasteiger partial charge in [-0.15, -0.1) is 0 Å². The second-order valence-electron chi connectivity index (χ2n) is 2.70. The summed E-state index contributed by atoms with van der Waals surface area (Å²) >= 11 is 3.27. The largest absolute Gasteiger partial charge is 0.463 e. The number of furan rings is 1. The SMILES string of the molecule is NCc1coc2c(Br)ccc(F)c12. The van der Waals surface area contributed by atoms with Gasteiger partial charge < -0.3 is 10.2 Å². The molecule has 13 heavy (non-hydrogen) atoms. The predicted molar refractivity (Wildman–Crippen MR) is 51.8 cm³/mol. The Balaban J connectivity index is 2.87. The molecule has 0 bridgehead atoms. The van der Waals surface area contributed by atoms with Gasteiger partial charge in [-0.25, -0.2) is 4.39 Å². The zero-order valence-corrected chi connectivity index (χ0v) is 8.27. The van der Waals surface area contributed by atoms with Gasteiger partial charge in [-0.05, 0) is 28.1 Å². The van der Waals surface area contributed by atoms with Crippen LogP contribution in [0.25, 0.3) is 11.0 Å². The molecule has 0 aliphatic rings. The molecule has 68 valence electrons. The van der Waals surface area contributed by atoms with Crippen LogP contribution in [0.1, 0.15) is 5.56 Å². The van der Waals surface area contributed by atoms with Crippen LogP contribution in [0.2, 0.25) is 0 Å². The van der Waals surface area contributed by atoms with Gasteiger partial charge in [0.05, 0.1) is 16.1 Å². The third kappa shape index (κ3) is 1.26. The number of fused-ring (bicyclic) bond motifs is 1. The quantitative estimate of drug-likeness (QED) is 0.837. The summed E-state index contributed by atoms with van der Waals surface area (Å²) < 4.78 is 19.2. The molecule has 0 radical (unpaired) electrons. The van der Waals surface area contributed by atoms with E-state index in [9.17, 15) is 4.39 Å². The zero-order valence-electron chi connectivity index (χ0n) is 6.68. The molecule has 0 atom stereocenters. The van der Waals surface area contributed by atoms with E-state index in [4.69, 9.17) is 10.2 Å². The molecule has 2 aromatic rings. The highest BCUT2D eigenvalue weighted by Crippen LogP contribution is 2.30. The van der Waals surface area contributed by atoms with Gasteiger partial charge in [0.2, 0.25) is 0 Å². The van der Waals surface area contributed by atoms with Crippen molar-refractivity contribution in [2.75, 3.05) is 0 Å². The van der Waals surface area contributed by atoms with Crippen molar-refractivity contribution in [1.82, 2.24) is 0 Å². The summed E-state index contributed by atoms with van der Waals surface area (Å²) in [6, 6.07) is 3.00. The third-order valence-electron chi connectivity index (χ3n) is 1.92. The summed E-state index contributed by atoms with van der Waals surface area (Å²) in [5.41, 5.74) is 6.64. The van der Waals surface area contributed by atoms with Crippen LogP contribution in [-0.2, 0) is 6.54 Å². The van der Waals surface area contributed by atoms with Crippen molar-refractivity contribution < 1.29 is 8.81 Å². The second kappa shape index (κ2) is 3.12. The fourth-order valence-electron chi connectivity index (χ4n) is 1.29. The number of rotatable bonds is 1. The highest BCUT2D eigenvalue weighted by molar-refractivity contribution is 9.10.